The zero-order valence-electron chi connectivity index (χ0n) is 23.6. The Hall–Kier alpha value is -4.67. The summed E-state index contributed by atoms with van der Waals surface area (Å²) in [4.78, 5) is 35.3. The first-order chi connectivity index (χ1) is 21.2. The summed E-state index contributed by atoms with van der Waals surface area (Å²) in [6.07, 6.45) is -3.17. The standard InChI is InChI=1S/C31H30F3N7O3/c32-31(33,34)28-25(17-37-38-29(28)42)41-18-22-3-1-2-4-24(22)26(41)19-44-23-8-6-21(7-9-23)30(43)40-13-11-39(12-14-40)27-10-5-20(15-35)16-36-27/h1-10,16,25-26,28,37H,11-14,17-19H2,(H,38,42)/t25?,26-,28?/m1/s1. The van der Waals surface area contributed by atoms with Crippen LogP contribution in [-0.2, 0) is 11.3 Å². The molecular formula is C31H30F3N7O3. The predicted octanol–water partition coefficient (Wildman–Crippen LogP) is 3.03. The van der Waals surface area contributed by atoms with Gasteiger partial charge in [-0.2, -0.15) is 18.4 Å². The maximum Gasteiger partial charge on any atom is 0.402 e. The number of fused-ring (bicyclic) bond motifs is 1. The van der Waals surface area contributed by atoms with Crippen molar-refractivity contribution in [3.05, 3.63) is 89.1 Å². The van der Waals surface area contributed by atoms with Gasteiger partial charge in [-0.25, -0.2) is 10.4 Å². The van der Waals surface area contributed by atoms with Gasteiger partial charge in [0.05, 0.1) is 11.6 Å². The monoisotopic (exact) mass is 605 g/mol. The molecule has 0 saturated carbocycles. The lowest BCUT2D eigenvalue weighted by molar-refractivity contribution is -0.202. The van der Waals surface area contributed by atoms with Gasteiger partial charge in [0.25, 0.3) is 5.91 Å². The first kappa shape index (κ1) is 29.4. The van der Waals surface area contributed by atoms with Gasteiger partial charge in [0, 0.05) is 57.1 Å². The van der Waals surface area contributed by atoms with E-state index in [9.17, 15) is 22.8 Å². The van der Waals surface area contributed by atoms with Crippen molar-refractivity contribution in [1.29, 1.82) is 5.26 Å². The highest BCUT2D eigenvalue weighted by Crippen LogP contribution is 2.41. The van der Waals surface area contributed by atoms with Crippen molar-refractivity contribution in [1.82, 2.24) is 25.6 Å². The highest BCUT2D eigenvalue weighted by Gasteiger charge is 2.55. The van der Waals surface area contributed by atoms with E-state index >= 15 is 0 Å². The Kier molecular flexibility index (Phi) is 8.11. The fourth-order valence-corrected chi connectivity index (χ4v) is 6.14. The largest absolute Gasteiger partial charge is 0.492 e. The van der Waals surface area contributed by atoms with Crippen LogP contribution < -0.4 is 20.5 Å². The number of alkyl halides is 3. The Bertz CT molecular complexity index is 1550. The molecule has 4 heterocycles. The van der Waals surface area contributed by atoms with E-state index in [-0.39, 0.29) is 25.6 Å². The molecule has 6 rings (SSSR count). The van der Waals surface area contributed by atoms with E-state index in [0.717, 1.165) is 16.9 Å². The van der Waals surface area contributed by atoms with Crippen LogP contribution in [0.4, 0.5) is 19.0 Å². The molecule has 228 valence electrons. The van der Waals surface area contributed by atoms with Gasteiger partial charge in [-0.15, -0.1) is 0 Å². The topological polar surface area (TPSA) is 114 Å². The number of hydrogen-bond donors (Lipinski definition) is 2. The minimum Gasteiger partial charge on any atom is -0.492 e. The van der Waals surface area contributed by atoms with Crippen molar-refractivity contribution in [3.63, 3.8) is 0 Å². The van der Waals surface area contributed by atoms with E-state index in [1.807, 2.05) is 24.3 Å². The molecule has 0 aliphatic carbocycles. The van der Waals surface area contributed by atoms with Crippen molar-refractivity contribution in [3.8, 4) is 11.8 Å². The van der Waals surface area contributed by atoms with E-state index in [1.165, 1.54) is 6.20 Å². The summed E-state index contributed by atoms with van der Waals surface area (Å²) < 4.78 is 48.0. The number of ether oxygens (including phenoxy) is 1. The van der Waals surface area contributed by atoms with E-state index in [2.05, 4.69) is 26.8 Å². The van der Waals surface area contributed by atoms with Crippen LogP contribution in [-0.4, -0.2) is 78.1 Å². The number of hydrogen-bond acceptors (Lipinski definition) is 8. The third-order valence-electron chi connectivity index (χ3n) is 8.41. The van der Waals surface area contributed by atoms with Gasteiger partial charge >= 0.3 is 6.18 Å². The van der Waals surface area contributed by atoms with E-state index in [0.29, 0.717) is 43.1 Å². The number of anilines is 1. The Labute approximate surface area is 252 Å². The molecule has 1 aromatic heterocycles. The Morgan fingerprint density at radius 2 is 1.80 bits per heavy atom. The second-order valence-corrected chi connectivity index (χ2v) is 11.0. The second kappa shape index (κ2) is 12.1. The smallest absolute Gasteiger partial charge is 0.402 e. The number of hydrazine groups is 1. The minimum atomic E-state index is -4.70. The number of benzene rings is 2. The molecule has 2 fully saturated rings. The number of nitriles is 1. The maximum absolute atomic E-state index is 14.0. The molecule has 13 heteroatoms. The lowest BCUT2D eigenvalue weighted by Crippen LogP contribution is -2.64. The number of halogens is 3. The average Bonchev–Trinajstić information content (AvgIpc) is 3.41. The normalized spacial score (nSPS) is 22.2. The first-order valence-electron chi connectivity index (χ1n) is 14.3. The number of nitrogens with one attached hydrogen (secondary N) is 2. The molecule has 44 heavy (non-hydrogen) atoms. The van der Waals surface area contributed by atoms with Crippen LogP contribution >= 0.6 is 0 Å². The zero-order chi connectivity index (χ0) is 30.8. The number of aromatic nitrogens is 1. The van der Waals surface area contributed by atoms with E-state index in [4.69, 9.17) is 10.00 Å². The molecule has 0 spiro atoms. The van der Waals surface area contributed by atoms with E-state index < -0.39 is 30.1 Å². The van der Waals surface area contributed by atoms with Crippen LogP contribution in [0.1, 0.15) is 33.1 Å². The highest BCUT2D eigenvalue weighted by atomic mass is 19.4. The number of carbonyl (C=O) groups is 2. The van der Waals surface area contributed by atoms with Crippen molar-refractivity contribution in [2.75, 3.05) is 44.2 Å². The quantitative estimate of drug-likeness (QED) is 0.441. The summed E-state index contributed by atoms with van der Waals surface area (Å²) in [5.74, 6) is -2.14. The van der Waals surface area contributed by atoms with Gasteiger partial charge in [0.1, 0.15) is 24.2 Å². The highest BCUT2D eigenvalue weighted by molar-refractivity contribution is 5.94. The van der Waals surface area contributed by atoms with Gasteiger partial charge in [0.15, 0.2) is 5.92 Å². The predicted molar refractivity (Wildman–Crippen MR) is 153 cm³/mol. The molecule has 2 saturated heterocycles. The summed E-state index contributed by atoms with van der Waals surface area (Å²) in [5, 5.41) is 8.97. The molecule has 2 aromatic carbocycles. The molecule has 3 aliphatic heterocycles. The van der Waals surface area contributed by atoms with Crippen molar-refractivity contribution < 1.29 is 27.5 Å². The van der Waals surface area contributed by atoms with Crippen LogP contribution in [0, 0.1) is 17.2 Å². The van der Waals surface area contributed by atoms with Gasteiger partial charge in [-0.05, 0) is 47.5 Å². The summed E-state index contributed by atoms with van der Waals surface area (Å²) in [7, 11) is 0. The molecule has 2 unspecified atom stereocenters. The number of rotatable bonds is 6. The molecule has 0 bridgehead atoms. The fourth-order valence-electron chi connectivity index (χ4n) is 6.14. The van der Waals surface area contributed by atoms with Gasteiger partial charge in [-0.1, -0.05) is 24.3 Å². The first-order valence-corrected chi connectivity index (χ1v) is 14.3. The second-order valence-electron chi connectivity index (χ2n) is 11.0. The number of carbonyl (C=O) groups excluding carboxylic acids is 2. The van der Waals surface area contributed by atoms with Gasteiger partial charge in [-0.3, -0.25) is 19.9 Å². The number of nitrogens with zero attached hydrogens (tertiary/aromatic N) is 5. The Morgan fingerprint density at radius 3 is 2.48 bits per heavy atom. The third kappa shape index (κ3) is 5.91. The Balaban J connectivity index is 1.10. The molecule has 10 nitrogen and oxygen atoms in total. The molecule has 3 aliphatic rings. The van der Waals surface area contributed by atoms with Crippen LogP contribution in [0.15, 0.2) is 66.9 Å². The van der Waals surface area contributed by atoms with Gasteiger partial charge in [0.2, 0.25) is 5.91 Å². The number of piperazine rings is 1. The lowest BCUT2D eigenvalue weighted by atomic mass is 9.94. The van der Waals surface area contributed by atoms with Crippen LogP contribution in [0.5, 0.6) is 5.75 Å². The average molecular weight is 606 g/mol. The molecule has 2 amide bonds. The lowest BCUT2D eigenvalue weighted by Gasteiger charge is -2.40. The van der Waals surface area contributed by atoms with Crippen LogP contribution in [0.2, 0.25) is 0 Å². The van der Waals surface area contributed by atoms with Crippen molar-refractivity contribution >= 4 is 17.6 Å². The minimum absolute atomic E-state index is 0.0601. The summed E-state index contributed by atoms with van der Waals surface area (Å²) >= 11 is 0. The van der Waals surface area contributed by atoms with Crippen molar-refractivity contribution in [2.24, 2.45) is 5.92 Å². The maximum atomic E-state index is 14.0. The van der Waals surface area contributed by atoms with Crippen LogP contribution in [0.25, 0.3) is 0 Å². The molecule has 3 atom stereocenters. The zero-order valence-corrected chi connectivity index (χ0v) is 23.6. The fraction of sp³-hybridized carbons (Fsp3) is 0.355. The summed E-state index contributed by atoms with van der Waals surface area (Å²) in [6.45, 7) is 2.52. The molecule has 3 aromatic rings. The Morgan fingerprint density at radius 1 is 1.05 bits per heavy atom. The summed E-state index contributed by atoms with van der Waals surface area (Å²) in [5.41, 5.74) is 7.48. The molecule has 2 N–H and O–H groups in total. The van der Waals surface area contributed by atoms with Crippen LogP contribution in [0.3, 0.4) is 0 Å². The van der Waals surface area contributed by atoms with E-state index in [1.54, 1.807) is 46.2 Å². The number of pyridine rings is 1. The molecular weight excluding hydrogens is 575 g/mol. The summed E-state index contributed by atoms with van der Waals surface area (Å²) in [6, 6.07) is 18.1. The molecule has 0 radical (unpaired) electrons. The van der Waals surface area contributed by atoms with Gasteiger partial charge < -0.3 is 14.5 Å². The van der Waals surface area contributed by atoms with Crippen molar-refractivity contribution in [2.45, 2.75) is 24.8 Å². The third-order valence-corrected chi connectivity index (χ3v) is 8.41. The number of amides is 2. The SMILES string of the molecule is N#Cc1ccc(N2CCN(C(=O)c3ccc(OC[C@@H]4c5ccccc5CN4C4CNNC(=O)C4C(F)(F)F)cc3)CC2)nc1.